The van der Waals surface area contributed by atoms with Crippen LogP contribution in [0.4, 0.5) is 10.1 Å². The third-order valence-electron chi connectivity index (χ3n) is 7.99. The molecule has 2 amide bonds. The van der Waals surface area contributed by atoms with Gasteiger partial charge in [0, 0.05) is 18.2 Å². The van der Waals surface area contributed by atoms with Crippen molar-refractivity contribution in [3.8, 4) is 0 Å². The number of nitrogens with zero attached hydrogens (tertiary/aromatic N) is 1. The van der Waals surface area contributed by atoms with E-state index in [4.69, 9.17) is 0 Å². The number of piperidine rings is 1. The Balaban J connectivity index is 1.68. The van der Waals surface area contributed by atoms with Crippen molar-refractivity contribution in [1.29, 1.82) is 0 Å². The van der Waals surface area contributed by atoms with Gasteiger partial charge in [-0.2, -0.15) is 0 Å². The highest BCUT2D eigenvalue weighted by atomic mass is 19.1. The number of rotatable bonds is 5. The summed E-state index contributed by atoms with van der Waals surface area (Å²) >= 11 is 0. The van der Waals surface area contributed by atoms with Crippen molar-refractivity contribution >= 4 is 17.5 Å². The summed E-state index contributed by atoms with van der Waals surface area (Å²) in [7, 11) is 0. The second-order valence-electron chi connectivity index (χ2n) is 12.5. The average Bonchev–Trinajstić information content (AvgIpc) is 2.87. The fraction of sp³-hybridized carbons (Fsp3) is 0.455. The first-order valence-electron chi connectivity index (χ1n) is 13.9. The molecule has 1 unspecified atom stereocenters. The molecule has 1 fully saturated rings. The van der Waals surface area contributed by atoms with Crippen molar-refractivity contribution in [2.45, 2.75) is 77.9 Å². The molecule has 1 aliphatic carbocycles. The maximum Gasteiger partial charge on any atom is 0.257 e. The first-order valence-corrected chi connectivity index (χ1v) is 13.9. The predicted molar refractivity (Wildman–Crippen MR) is 154 cm³/mol. The van der Waals surface area contributed by atoms with Crippen molar-refractivity contribution in [3.05, 3.63) is 88.8 Å². The highest BCUT2D eigenvalue weighted by Crippen LogP contribution is 2.37. The molecule has 3 atom stereocenters. The zero-order valence-electron chi connectivity index (χ0n) is 23.9. The molecule has 5 nitrogen and oxygen atoms in total. The van der Waals surface area contributed by atoms with Gasteiger partial charge in [-0.05, 0) is 80.3 Å². The topological polar surface area (TPSA) is 69.6 Å². The molecule has 0 spiro atoms. The van der Waals surface area contributed by atoms with Crippen LogP contribution in [-0.4, -0.2) is 40.0 Å². The number of nitrogens with one attached hydrogen (secondary N) is 1. The van der Waals surface area contributed by atoms with Crippen LogP contribution in [-0.2, 0) is 10.2 Å². The number of anilines is 1. The van der Waals surface area contributed by atoms with Gasteiger partial charge >= 0.3 is 0 Å². The van der Waals surface area contributed by atoms with Gasteiger partial charge in [-0.1, -0.05) is 63.3 Å². The van der Waals surface area contributed by atoms with Gasteiger partial charge in [0.1, 0.15) is 5.82 Å². The summed E-state index contributed by atoms with van der Waals surface area (Å²) in [5, 5.41) is 13.6. The van der Waals surface area contributed by atoms with E-state index in [2.05, 4.69) is 32.2 Å². The molecule has 39 heavy (non-hydrogen) atoms. The Kier molecular flexibility index (Phi) is 8.17. The number of carbonyl (C=O) groups excluding carboxylic acids is 2. The molecular weight excluding hydrogens is 491 g/mol. The summed E-state index contributed by atoms with van der Waals surface area (Å²) in [5.74, 6) is -1.69. The van der Waals surface area contributed by atoms with Gasteiger partial charge in [-0.25, -0.2) is 4.39 Å². The van der Waals surface area contributed by atoms with E-state index in [1.54, 1.807) is 37.8 Å². The number of hydrogen-bond donors (Lipinski definition) is 2. The molecule has 4 rings (SSSR count). The molecule has 0 aromatic heterocycles. The predicted octanol–water partition coefficient (Wildman–Crippen LogP) is 6.56. The number of likely N-dealkylation sites (tertiary alicyclic amines) is 1. The van der Waals surface area contributed by atoms with Crippen molar-refractivity contribution in [1.82, 2.24) is 4.90 Å². The number of hydrogen-bond acceptors (Lipinski definition) is 3. The SMILES string of the molecule is Cc1cccc(F)c1C(=O)N1CCC[C@H](C(=O)Nc2cccc(C(C)(C)C)c2)[C@@H]1C1C=CC(C(C)(C)O)=CC1. The lowest BCUT2D eigenvalue weighted by Crippen LogP contribution is -2.55. The van der Waals surface area contributed by atoms with Crippen molar-refractivity contribution in [3.63, 3.8) is 0 Å². The summed E-state index contributed by atoms with van der Waals surface area (Å²) in [5.41, 5.74) is 2.24. The molecule has 2 N–H and O–H groups in total. The largest absolute Gasteiger partial charge is 0.386 e. The second-order valence-corrected chi connectivity index (χ2v) is 12.5. The Hall–Kier alpha value is -3.25. The van der Waals surface area contributed by atoms with Crippen LogP contribution in [0, 0.1) is 24.6 Å². The Morgan fingerprint density at radius 3 is 2.41 bits per heavy atom. The van der Waals surface area contributed by atoms with Crippen LogP contribution in [0.5, 0.6) is 0 Å². The van der Waals surface area contributed by atoms with E-state index < -0.39 is 23.4 Å². The van der Waals surface area contributed by atoms with E-state index in [1.165, 1.54) is 6.07 Å². The normalized spacial score (nSPS) is 21.9. The molecule has 1 saturated heterocycles. The van der Waals surface area contributed by atoms with E-state index in [0.29, 0.717) is 31.4 Å². The smallest absolute Gasteiger partial charge is 0.257 e. The summed E-state index contributed by atoms with van der Waals surface area (Å²) in [6.07, 6.45) is 7.72. The van der Waals surface area contributed by atoms with E-state index >= 15 is 0 Å². The van der Waals surface area contributed by atoms with E-state index in [-0.39, 0.29) is 28.7 Å². The number of aryl methyl sites for hydroxylation is 1. The van der Waals surface area contributed by atoms with Crippen molar-refractivity contribution in [2.24, 2.45) is 11.8 Å². The van der Waals surface area contributed by atoms with Gasteiger partial charge < -0.3 is 15.3 Å². The van der Waals surface area contributed by atoms with Crippen LogP contribution in [0.15, 0.2) is 66.3 Å². The van der Waals surface area contributed by atoms with Crippen molar-refractivity contribution < 1.29 is 19.1 Å². The standard InChI is InChI=1S/C33H41FN2O3/c1-21-10-7-14-27(34)28(21)31(38)36-19-9-13-26(29(36)22-15-17-23(18-16-22)33(5,6)39)30(37)35-25-12-8-11-24(20-25)32(2,3)4/h7-8,10-12,14-15,17-18,20,22,26,29,39H,9,13,16,19H2,1-6H3,(H,35,37)/t22?,26-,29-/m0/s1. The highest BCUT2D eigenvalue weighted by molar-refractivity contribution is 5.98. The monoisotopic (exact) mass is 532 g/mol. The van der Waals surface area contributed by atoms with E-state index in [1.807, 2.05) is 36.4 Å². The fourth-order valence-corrected chi connectivity index (χ4v) is 5.76. The van der Waals surface area contributed by atoms with Gasteiger partial charge in [-0.15, -0.1) is 0 Å². The minimum atomic E-state index is -0.983. The maximum atomic E-state index is 14.9. The van der Waals surface area contributed by atoms with Crippen LogP contribution in [0.3, 0.4) is 0 Å². The highest BCUT2D eigenvalue weighted by Gasteiger charge is 2.43. The number of carbonyl (C=O) groups is 2. The van der Waals surface area contributed by atoms with Gasteiger partial charge in [0.05, 0.1) is 23.1 Å². The lowest BCUT2D eigenvalue weighted by atomic mass is 9.76. The zero-order chi connectivity index (χ0) is 28.5. The number of amides is 2. The van der Waals surface area contributed by atoms with E-state index in [0.717, 1.165) is 16.8 Å². The number of aliphatic hydroxyl groups is 1. The first kappa shape index (κ1) is 28.8. The van der Waals surface area contributed by atoms with Gasteiger partial charge in [0.25, 0.3) is 5.91 Å². The molecule has 2 aliphatic rings. The maximum absolute atomic E-state index is 14.9. The summed E-state index contributed by atoms with van der Waals surface area (Å²) in [4.78, 5) is 29.4. The third kappa shape index (κ3) is 6.33. The number of allylic oxidation sites excluding steroid dienone is 1. The molecular formula is C33H41FN2O3. The molecule has 0 saturated carbocycles. The first-order chi connectivity index (χ1) is 18.3. The fourth-order valence-electron chi connectivity index (χ4n) is 5.76. The minimum Gasteiger partial charge on any atom is -0.386 e. The minimum absolute atomic E-state index is 0.0631. The molecule has 1 heterocycles. The van der Waals surface area contributed by atoms with Crippen LogP contribution in [0.2, 0.25) is 0 Å². The van der Waals surface area contributed by atoms with Crippen LogP contribution in [0.25, 0.3) is 0 Å². The molecule has 2 aromatic carbocycles. The Morgan fingerprint density at radius 2 is 1.79 bits per heavy atom. The van der Waals surface area contributed by atoms with Gasteiger partial charge in [0.15, 0.2) is 0 Å². The Morgan fingerprint density at radius 1 is 1.08 bits per heavy atom. The van der Waals surface area contributed by atoms with Crippen molar-refractivity contribution in [2.75, 3.05) is 11.9 Å². The second kappa shape index (κ2) is 11.1. The van der Waals surface area contributed by atoms with Crippen LogP contribution in [0.1, 0.15) is 75.4 Å². The zero-order valence-corrected chi connectivity index (χ0v) is 23.9. The molecule has 1 aliphatic heterocycles. The third-order valence-corrected chi connectivity index (χ3v) is 7.99. The summed E-state index contributed by atoms with van der Waals surface area (Å²) < 4.78 is 14.9. The quantitative estimate of drug-likeness (QED) is 0.458. The van der Waals surface area contributed by atoms with Gasteiger partial charge in [0.2, 0.25) is 5.91 Å². The lowest BCUT2D eigenvalue weighted by molar-refractivity contribution is -0.123. The average molecular weight is 533 g/mol. The van der Waals surface area contributed by atoms with Crippen LogP contribution >= 0.6 is 0 Å². The Bertz CT molecular complexity index is 1280. The van der Waals surface area contributed by atoms with E-state index in [9.17, 15) is 19.1 Å². The number of halogens is 1. The molecule has 0 radical (unpaired) electrons. The molecule has 208 valence electrons. The Labute approximate surface area is 231 Å². The molecule has 2 aromatic rings. The van der Waals surface area contributed by atoms with Gasteiger partial charge in [-0.3, -0.25) is 9.59 Å². The molecule has 0 bridgehead atoms. The lowest BCUT2D eigenvalue weighted by Gasteiger charge is -2.45. The number of benzene rings is 2. The summed E-state index contributed by atoms with van der Waals surface area (Å²) in [6.45, 7) is 12.1. The summed E-state index contributed by atoms with van der Waals surface area (Å²) in [6, 6.07) is 12.1. The van der Waals surface area contributed by atoms with Crippen LogP contribution < -0.4 is 5.32 Å². The molecule has 6 heteroatoms.